The summed E-state index contributed by atoms with van der Waals surface area (Å²) < 4.78 is 0.156. The number of halogens is 4. The molecule has 2 aromatic rings. The molecule has 1 aliphatic heterocycles. The third-order valence-corrected chi connectivity index (χ3v) is 6.16. The Hall–Kier alpha value is -1.48. The van der Waals surface area contributed by atoms with Crippen molar-refractivity contribution in [2.45, 2.75) is 0 Å². The van der Waals surface area contributed by atoms with Crippen LogP contribution in [0, 0.1) is 0 Å². The number of rotatable bonds is 3. The molecule has 0 unspecified atom stereocenters. The SMILES string of the molecule is O=C(Nc1ccc(Cl)c(Cl)c1)NN1C(=O)/C(=C\c2c(Cl)cccc2Cl)SC1=S. The maximum absolute atomic E-state index is 12.6. The van der Waals surface area contributed by atoms with Crippen molar-refractivity contribution in [3.8, 4) is 0 Å². The van der Waals surface area contributed by atoms with E-state index in [0.29, 0.717) is 26.3 Å². The fraction of sp³-hybridized carbons (Fsp3) is 0. The van der Waals surface area contributed by atoms with Gasteiger partial charge in [0.05, 0.1) is 15.0 Å². The summed E-state index contributed by atoms with van der Waals surface area (Å²) in [4.78, 5) is 25.1. The fourth-order valence-electron chi connectivity index (χ4n) is 2.18. The van der Waals surface area contributed by atoms with Gasteiger partial charge in [-0.1, -0.05) is 64.2 Å². The zero-order valence-electron chi connectivity index (χ0n) is 13.6. The molecule has 2 N–H and O–H groups in total. The predicted octanol–water partition coefficient (Wildman–Crippen LogP) is 6.24. The van der Waals surface area contributed by atoms with Gasteiger partial charge in [-0.3, -0.25) is 4.79 Å². The lowest BCUT2D eigenvalue weighted by Crippen LogP contribution is -2.46. The number of thioether (sulfide) groups is 1. The Morgan fingerprint density at radius 1 is 1.04 bits per heavy atom. The molecule has 5 nitrogen and oxygen atoms in total. The Kier molecular flexibility index (Phi) is 6.75. The zero-order valence-corrected chi connectivity index (χ0v) is 18.3. The molecule has 1 saturated heterocycles. The van der Waals surface area contributed by atoms with Crippen molar-refractivity contribution in [2.75, 3.05) is 5.32 Å². The third-order valence-electron chi connectivity index (χ3n) is 3.46. The average Bonchev–Trinajstić information content (AvgIpc) is 2.89. The molecule has 0 radical (unpaired) electrons. The largest absolute Gasteiger partial charge is 0.338 e. The van der Waals surface area contributed by atoms with Crippen LogP contribution in [-0.4, -0.2) is 21.3 Å². The molecular formula is C17H9Cl4N3O2S2. The highest BCUT2D eigenvalue weighted by molar-refractivity contribution is 8.26. The second kappa shape index (κ2) is 8.90. The topological polar surface area (TPSA) is 61.4 Å². The molecule has 1 fully saturated rings. The summed E-state index contributed by atoms with van der Waals surface area (Å²) in [7, 11) is 0. The van der Waals surface area contributed by atoms with E-state index in [1.165, 1.54) is 18.2 Å². The van der Waals surface area contributed by atoms with Gasteiger partial charge < -0.3 is 5.32 Å². The van der Waals surface area contributed by atoms with Gasteiger partial charge in [-0.25, -0.2) is 10.2 Å². The van der Waals surface area contributed by atoms with E-state index in [0.717, 1.165) is 16.8 Å². The van der Waals surface area contributed by atoms with Crippen molar-refractivity contribution in [2.24, 2.45) is 0 Å². The second-order valence-corrected chi connectivity index (χ2v) is 8.65. The first-order valence-electron chi connectivity index (χ1n) is 7.51. The number of carbonyl (C=O) groups excluding carboxylic acids is 2. The summed E-state index contributed by atoms with van der Waals surface area (Å²) in [6.45, 7) is 0. The summed E-state index contributed by atoms with van der Waals surface area (Å²) in [5.74, 6) is -0.504. The molecule has 28 heavy (non-hydrogen) atoms. The number of hydrogen-bond acceptors (Lipinski definition) is 4. The summed E-state index contributed by atoms with van der Waals surface area (Å²) in [6, 6.07) is 8.92. The number of benzene rings is 2. The van der Waals surface area contributed by atoms with Crippen LogP contribution in [0.5, 0.6) is 0 Å². The smallest absolute Gasteiger partial charge is 0.307 e. The van der Waals surface area contributed by atoms with Gasteiger partial charge in [-0.15, -0.1) is 0 Å². The molecular weight excluding hydrogens is 484 g/mol. The Bertz CT molecular complexity index is 1010. The average molecular weight is 493 g/mol. The van der Waals surface area contributed by atoms with E-state index >= 15 is 0 Å². The molecule has 0 aromatic heterocycles. The van der Waals surface area contributed by atoms with Gasteiger partial charge >= 0.3 is 6.03 Å². The van der Waals surface area contributed by atoms with Crippen LogP contribution < -0.4 is 10.7 Å². The first kappa shape index (κ1) is 21.2. The molecule has 144 valence electrons. The molecule has 1 aliphatic rings. The van der Waals surface area contributed by atoms with Crippen molar-refractivity contribution in [1.82, 2.24) is 10.4 Å². The predicted molar refractivity (Wildman–Crippen MR) is 120 cm³/mol. The van der Waals surface area contributed by atoms with E-state index in [1.807, 2.05) is 0 Å². The number of urea groups is 1. The van der Waals surface area contributed by atoms with Gasteiger partial charge in [0, 0.05) is 21.3 Å². The first-order chi connectivity index (χ1) is 13.3. The Labute approximate surface area is 189 Å². The minimum absolute atomic E-state index is 0.156. The Morgan fingerprint density at radius 3 is 2.36 bits per heavy atom. The fourth-order valence-corrected chi connectivity index (χ4v) is 4.14. The van der Waals surface area contributed by atoms with Crippen LogP contribution in [0.3, 0.4) is 0 Å². The van der Waals surface area contributed by atoms with Gasteiger partial charge in [-0.05, 0) is 48.6 Å². The number of nitrogens with zero attached hydrogens (tertiary/aromatic N) is 1. The molecule has 2 aromatic carbocycles. The highest BCUT2D eigenvalue weighted by Crippen LogP contribution is 2.35. The van der Waals surface area contributed by atoms with Crippen LogP contribution in [0.1, 0.15) is 5.56 Å². The second-order valence-electron chi connectivity index (χ2n) is 5.35. The minimum Gasteiger partial charge on any atom is -0.307 e. The minimum atomic E-state index is -0.674. The molecule has 3 rings (SSSR count). The van der Waals surface area contributed by atoms with Crippen molar-refractivity contribution < 1.29 is 9.59 Å². The summed E-state index contributed by atoms with van der Waals surface area (Å²) >= 11 is 30.2. The standard InChI is InChI=1S/C17H9Cl4N3O2S2/c18-10-2-1-3-11(19)9(10)7-14-15(25)24(17(27)28-14)23-16(26)22-8-4-5-12(20)13(21)6-8/h1-7H,(H2,22,23,26)/b14-7+. The molecule has 3 amide bonds. The number of anilines is 1. The molecule has 0 bridgehead atoms. The molecule has 0 saturated carbocycles. The molecule has 0 atom stereocenters. The van der Waals surface area contributed by atoms with Crippen LogP contribution in [0.25, 0.3) is 6.08 Å². The van der Waals surface area contributed by atoms with Crippen LogP contribution in [-0.2, 0) is 4.79 Å². The highest BCUT2D eigenvalue weighted by atomic mass is 35.5. The van der Waals surface area contributed by atoms with Crippen LogP contribution >= 0.6 is 70.4 Å². The van der Waals surface area contributed by atoms with E-state index in [2.05, 4.69) is 10.7 Å². The molecule has 1 heterocycles. The van der Waals surface area contributed by atoms with Crippen LogP contribution in [0.4, 0.5) is 10.5 Å². The van der Waals surface area contributed by atoms with E-state index in [4.69, 9.17) is 58.6 Å². The highest BCUT2D eigenvalue weighted by Gasteiger charge is 2.34. The quantitative estimate of drug-likeness (QED) is 0.393. The molecule has 11 heteroatoms. The zero-order chi connectivity index (χ0) is 20.4. The monoisotopic (exact) mass is 491 g/mol. The maximum atomic E-state index is 12.6. The van der Waals surface area contributed by atoms with Crippen molar-refractivity contribution in [1.29, 1.82) is 0 Å². The lowest BCUT2D eigenvalue weighted by atomic mass is 10.2. The number of thiocarbonyl (C=S) groups is 1. The number of nitrogens with one attached hydrogen (secondary N) is 2. The van der Waals surface area contributed by atoms with E-state index in [-0.39, 0.29) is 14.2 Å². The number of amides is 3. The lowest BCUT2D eigenvalue weighted by molar-refractivity contribution is -0.123. The number of hydrogen-bond donors (Lipinski definition) is 2. The summed E-state index contributed by atoms with van der Waals surface area (Å²) in [5.41, 5.74) is 3.29. The maximum Gasteiger partial charge on any atom is 0.338 e. The third kappa shape index (κ3) is 4.74. The lowest BCUT2D eigenvalue weighted by Gasteiger charge is -2.16. The molecule has 0 aliphatic carbocycles. The van der Waals surface area contributed by atoms with E-state index in [9.17, 15) is 9.59 Å². The Morgan fingerprint density at radius 2 is 1.71 bits per heavy atom. The number of hydrazine groups is 1. The van der Waals surface area contributed by atoms with Crippen molar-refractivity contribution in [3.63, 3.8) is 0 Å². The van der Waals surface area contributed by atoms with Crippen molar-refractivity contribution in [3.05, 3.63) is 67.0 Å². The van der Waals surface area contributed by atoms with Crippen molar-refractivity contribution >= 4 is 98.4 Å². The summed E-state index contributed by atoms with van der Waals surface area (Å²) in [5, 5.41) is 4.93. The Balaban J connectivity index is 1.74. The van der Waals surface area contributed by atoms with Gasteiger partial charge in [0.2, 0.25) is 0 Å². The van der Waals surface area contributed by atoms with Gasteiger partial charge in [0.1, 0.15) is 0 Å². The van der Waals surface area contributed by atoms with Crippen LogP contribution in [0.15, 0.2) is 41.3 Å². The molecule has 0 spiro atoms. The van der Waals surface area contributed by atoms with Gasteiger partial charge in [0.25, 0.3) is 5.91 Å². The number of carbonyl (C=O) groups is 2. The van der Waals surface area contributed by atoms with E-state index in [1.54, 1.807) is 24.3 Å². The normalized spacial score (nSPS) is 15.3. The van der Waals surface area contributed by atoms with Gasteiger partial charge in [-0.2, -0.15) is 5.01 Å². The first-order valence-corrected chi connectivity index (χ1v) is 10.2. The summed E-state index contributed by atoms with van der Waals surface area (Å²) in [6.07, 6.45) is 1.53. The van der Waals surface area contributed by atoms with Gasteiger partial charge in [0.15, 0.2) is 4.32 Å². The van der Waals surface area contributed by atoms with Crippen LogP contribution in [0.2, 0.25) is 20.1 Å². The van der Waals surface area contributed by atoms with E-state index < -0.39 is 11.9 Å².